The van der Waals surface area contributed by atoms with E-state index < -0.39 is 34.1 Å². The van der Waals surface area contributed by atoms with Crippen molar-refractivity contribution in [2.24, 2.45) is 5.41 Å². The minimum Gasteiger partial charge on any atom is -0.548 e. The molecule has 1 aliphatic heterocycles. The Kier molecular flexibility index (Phi) is 3.72. The SMILES string of the molecule is CCC1(CC)C(=O)N(CC(=O)[O-])C1S(C)=O. The topological polar surface area (TPSA) is 77.5 Å². The van der Waals surface area contributed by atoms with Crippen molar-refractivity contribution in [1.82, 2.24) is 4.90 Å². The van der Waals surface area contributed by atoms with E-state index in [9.17, 15) is 18.9 Å². The molecule has 0 saturated carbocycles. The maximum absolute atomic E-state index is 11.9. The largest absolute Gasteiger partial charge is 0.548 e. The van der Waals surface area contributed by atoms with Gasteiger partial charge in [0.25, 0.3) is 0 Å². The molecule has 0 spiro atoms. The van der Waals surface area contributed by atoms with Gasteiger partial charge in [0.2, 0.25) is 5.91 Å². The van der Waals surface area contributed by atoms with Crippen LogP contribution in [0.15, 0.2) is 0 Å². The Morgan fingerprint density at radius 2 is 2.00 bits per heavy atom. The minimum atomic E-state index is -1.32. The highest BCUT2D eigenvalue weighted by Crippen LogP contribution is 2.46. The van der Waals surface area contributed by atoms with Crippen molar-refractivity contribution in [1.29, 1.82) is 0 Å². The number of nitrogens with zero attached hydrogens (tertiary/aromatic N) is 1. The minimum absolute atomic E-state index is 0.220. The molecule has 0 aliphatic carbocycles. The lowest BCUT2D eigenvalue weighted by Crippen LogP contribution is -2.71. The highest BCUT2D eigenvalue weighted by molar-refractivity contribution is 7.85. The summed E-state index contributed by atoms with van der Waals surface area (Å²) in [6.07, 6.45) is 2.66. The monoisotopic (exact) mass is 246 g/mol. The van der Waals surface area contributed by atoms with Gasteiger partial charge >= 0.3 is 0 Å². The number of hydrogen-bond donors (Lipinski definition) is 0. The van der Waals surface area contributed by atoms with Crippen LogP contribution in [-0.2, 0) is 20.4 Å². The van der Waals surface area contributed by atoms with Gasteiger partial charge in [0, 0.05) is 17.1 Å². The van der Waals surface area contributed by atoms with Gasteiger partial charge in [-0.3, -0.25) is 9.00 Å². The van der Waals surface area contributed by atoms with E-state index in [1.807, 2.05) is 13.8 Å². The van der Waals surface area contributed by atoms with Gasteiger partial charge in [-0.1, -0.05) is 13.8 Å². The van der Waals surface area contributed by atoms with E-state index in [1.165, 1.54) is 6.26 Å². The first-order chi connectivity index (χ1) is 7.40. The summed E-state index contributed by atoms with van der Waals surface area (Å²) in [4.78, 5) is 23.5. The number of β-lactam (4-membered cyclic amide) rings is 1. The van der Waals surface area contributed by atoms with E-state index in [2.05, 4.69) is 0 Å². The maximum Gasteiger partial charge on any atom is 0.233 e. The Bertz CT molecular complexity index is 338. The fraction of sp³-hybridized carbons (Fsp3) is 0.800. The summed E-state index contributed by atoms with van der Waals surface area (Å²) < 4.78 is 11.6. The smallest absolute Gasteiger partial charge is 0.233 e. The summed E-state index contributed by atoms with van der Waals surface area (Å²) in [5.74, 6) is -1.54. The van der Waals surface area contributed by atoms with Crippen LogP contribution in [-0.4, -0.2) is 39.2 Å². The Balaban J connectivity index is 2.97. The van der Waals surface area contributed by atoms with Gasteiger partial charge in [-0.2, -0.15) is 0 Å². The molecule has 1 aliphatic rings. The van der Waals surface area contributed by atoms with E-state index in [0.717, 1.165) is 4.90 Å². The summed E-state index contributed by atoms with van der Waals surface area (Å²) in [5, 5.41) is 10.0. The third-order valence-electron chi connectivity index (χ3n) is 3.32. The standard InChI is InChI=1S/C10H17NO4S/c1-4-10(5-2)8(14)11(6-7(12)13)9(10)16(3)15/h9H,4-6H2,1-3H3,(H,12,13)/p-1. The number of rotatable bonds is 5. The highest BCUT2D eigenvalue weighted by atomic mass is 32.2. The van der Waals surface area contributed by atoms with E-state index in [4.69, 9.17) is 0 Å². The average molecular weight is 246 g/mol. The summed E-state index contributed by atoms with van der Waals surface area (Å²) in [7, 11) is -1.25. The third-order valence-corrected chi connectivity index (χ3v) is 4.65. The molecule has 1 fully saturated rings. The number of carbonyl (C=O) groups is 2. The van der Waals surface area contributed by atoms with Crippen LogP contribution in [0.25, 0.3) is 0 Å². The second-order valence-electron chi connectivity index (χ2n) is 4.02. The number of hydrogen-bond acceptors (Lipinski definition) is 4. The molecule has 0 aromatic carbocycles. The van der Waals surface area contributed by atoms with Crippen LogP contribution in [0.4, 0.5) is 0 Å². The zero-order valence-corrected chi connectivity index (χ0v) is 10.5. The van der Waals surface area contributed by atoms with Gasteiger partial charge in [-0.15, -0.1) is 0 Å². The van der Waals surface area contributed by atoms with Crippen LogP contribution in [0.1, 0.15) is 26.7 Å². The molecule has 1 amide bonds. The first kappa shape index (κ1) is 13.2. The predicted octanol–water partition coefficient (Wildman–Crippen LogP) is -0.910. The molecule has 0 N–H and O–H groups in total. The first-order valence-corrected chi connectivity index (χ1v) is 6.86. The van der Waals surface area contributed by atoms with Crippen molar-refractivity contribution < 1.29 is 18.9 Å². The molecule has 0 aromatic rings. The lowest BCUT2D eigenvalue weighted by Gasteiger charge is -2.54. The number of carbonyl (C=O) groups excluding carboxylic acids is 2. The first-order valence-electron chi connectivity index (χ1n) is 5.23. The molecule has 6 heteroatoms. The molecule has 0 aromatic heterocycles. The van der Waals surface area contributed by atoms with E-state index in [1.54, 1.807) is 0 Å². The maximum atomic E-state index is 11.9. The quantitative estimate of drug-likeness (QED) is 0.588. The van der Waals surface area contributed by atoms with Crippen LogP contribution in [0.2, 0.25) is 0 Å². The van der Waals surface area contributed by atoms with Crippen LogP contribution in [0.3, 0.4) is 0 Å². The van der Waals surface area contributed by atoms with Crippen molar-refractivity contribution >= 4 is 22.7 Å². The van der Waals surface area contributed by atoms with Gasteiger partial charge < -0.3 is 14.8 Å². The van der Waals surface area contributed by atoms with Crippen molar-refractivity contribution in [2.45, 2.75) is 32.1 Å². The Hall–Kier alpha value is -0.910. The average Bonchev–Trinajstić information content (AvgIpc) is 2.21. The van der Waals surface area contributed by atoms with Gasteiger partial charge in [0.1, 0.15) is 5.37 Å². The molecule has 0 radical (unpaired) electrons. The summed E-state index contributed by atoms with van der Waals surface area (Å²) in [6.45, 7) is 3.25. The Labute approximate surface area is 97.3 Å². The van der Waals surface area contributed by atoms with Crippen LogP contribution < -0.4 is 5.11 Å². The lowest BCUT2D eigenvalue weighted by atomic mass is 9.73. The molecule has 92 valence electrons. The highest BCUT2D eigenvalue weighted by Gasteiger charge is 2.59. The van der Waals surface area contributed by atoms with E-state index in [0.29, 0.717) is 12.8 Å². The molecule has 0 bridgehead atoms. The molecule has 1 rings (SSSR count). The second-order valence-corrected chi connectivity index (χ2v) is 5.46. The number of amides is 1. The molecule has 2 atom stereocenters. The normalized spacial score (nSPS) is 25.1. The van der Waals surface area contributed by atoms with E-state index in [-0.39, 0.29) is 5.91 Å². The van der Waals surface area contributed by atoms with Crippen LogP contribution in [0, 0.1) is 5.41 Å². The molecule has 5 nitrogen and oxygen atoms in total. The summed E-state index contributed by atoms with van der Waals surface area (Å²) in [6, 6.07) is 0. The lowest BCUT2D eigenvalue weighted by molar-refractivity contribution is -0.307. The van der Waals surface area contributed by atoms with Crippen molar-refractivity contribution in [3.8, 4) is 0 Å². The summed E-state index contributed by atoms with van der Waals surface area (Å²) in [5.41, 5.74) is -0.644. The second kappa shape index (κ2) is 4.53. The fourth-order valence-corrected chi connectivity index (χ4v) is 4.02. The van der Waals surface area contributed by atoms with Gasteiger partial charge in [0.05, 0.1) is 17.9 Å². The van der Waals surface area contributed by atoms with Crippen LogP contribution >= 0.6 is 0 Å². The van der Waals surface area contributed by atoms with Crippen molar-refractivity contribution in [3.63, 3.8) is 0 Å². The fourth-order valence-electron chi connectivity index (χ4n) is 2.42. The molecule has 1 saturated heterocycles. The zero-order chi connectivity index (χ0) is 12.5. The summed E-state index contributed by atoms with van der Waals surface area (Å²) >= 11 is 0. The molecular formula is C10H16NO4S-. The number of carboxylic acid groups (broad SMARTS) is 1. The van der Waals surface area contributed by atoms with Crippen molar-refractivity contribution in [3.05, 3.63) is 0 Å². The van der Waals surface area contributed by atoms with Gasteiger partial charge in [-0.25, -0.2) is 0 Å². The molecular weight excluding hydrogens is 230 g/mol. The zero-order valence-electron chi connectivity index (χ0n) is 9.69. The Morgan fingerprint density at radius 1 is 1.50 bits per heavy atom. The third kappa shape index (κ3) is 1.75. The van der Waals surface area contributed by atoms with Crippen molar-refractivity contribution in [2.75, 3.05) is 12.8 Å². The van der Waals surface area contributed by atoms with Crippen LogP contribution in [0.5, 0.6) is 0 Å². The van der Waals surface area contributed by atoms with E-state index >= 15 is 0 Å². The predicted molar refractivity (Wildman–Crippen MR) is 57.6 cm³/mol. The van der Waals surface area contributed by atoms with Gasteiger partial charge in [0.15, 0.2) is 0 Å². The number of likely N-dealkylation sites (tertiary alicyclic amines) is 1. The Morgan fingerprint density at radius 3 is 2.31 bits per heavy atom. The van der Waals surface area contributed by atoms with Gasteiger partial charge in [-0.05, 0) is 12.8 Å². The molecule has 1 heterocycles. The number of carboxylic acids is 1. The number of aliphatic carboxylic acids is 1. The molecule has 16 heavy (non-hydrogen) atoms. The molecule has 2 unspecified atom stereocenters.